The average Bonchev–Trinajstić information content (AvgIpc) is 2.41. The molecule has 2 N–H and O–H groups in total. The highest BCUT2D eigenvalue weighted by Crippen LogP contribution is 2.19. The Kier molecular flexibility index (Phi) is 4.91. The van der Waals surface area contributed by atoms with Crippen LogP contribution in [-0.4, -0.2) is 43.0 Å². The fraction of sp³-hybridized carbons (Fsp3) is 0.600. The molecule has 0 unspecified atom stereocenters. The molecule has 1 aliphatic heterocycles. The summed E-state index contributed by atoms with van der Waals surface area (Å²) in [6.45, 7) is 3.49. The molecule has 0 spiro atoms. The van der Waals surface area contributed by atoms with Gasteiger partial charge >= 0.3 is 0 Å². The molecular weight excluding hydrogens is 241 g/mol. The first-order chi connectivity index (χ1) is 9.10. The first-order valence-corrected chi connectivity index (χ1v) is 6.96. The van der Waals surface area contributed by atoms with E-state index in [0.717, 1.165) is 30.8 Å². The minimum atomic E-state index is -0.199. The van der Waals surface area contributed by atoms with Crippen molar-refractivity contribution in [2.24, 2.45) is 5.73 Å². The monoisotopic (exact) mass is 265 g/mol. The van der Waals surface area contributed by atoms with Gasteiger partial charge in [-0.2, -0.15) is 0 Å². The molecule has 4 heteroatoms. The number of hydrogen-bond acceptors (Lipinski definition) is 3. The van der Waals surface area contributed by atoms with Crippen LogP contribution in [0.25, 0.3) is 0 Å². The van der Waals surface area contributed by atoms with Gasteiger partial charge in [0.25, 0.3) is 0 Å². The van der Waals surface area contributed by atoms with Crippen LogP contribution < -0.4 is 5.73 Å². The second-order valence-corrected chi connectivity index (χ2v) is 5.59. The Morgan fingerprint density at radius 1 is 1.26 bits per heavy atom. The summed E-state index contributed by atoms with van der Waals surface area (Å²) in [6.07, 6.45) is 2.40. The summed E-state index contributed by atoms with van der Waals surface area (Å²) >= 11 is 0. The van der Waals surface area contributed by atoms with E-state index in [-0.39, 0.29) is 5.82 Å². The molecule has 0 amide bonds. The molecule has 0 bridgehead atoms. The Bertz CT molecular complexity index is 412. The Balaban J connectivity index is 1.95. The molecule has 1 aliphatic rings. The van der Waals surface area contributed by atoms with E-state index in [9.17, 15) is 4.39 Å². The number of halogens is 1. The Morgan fingerprint density at radius 3 is 2.53 bits per heavy atom. The van der Waals surface area contributed by atoms with Gasteiger partial charge in [-0.05, 0) is 63.3 Å². The van der Waals surface area contributed by atoms with Crippen LogP contribution in [0.15, 0.2) is 18.2 Å². The lowest BCUT2D eigenvalue weighted by Gasteiger charge is -2.35. The zero-order valence-corrected chi connectivity index (χ0v) is 11.9. The van der Waals surface area contributed by atoms with Gasteiger partial charge in [-0.15, -0.1) is 0 Å². The van der Waals surface area contributed by atoms with E-state index in [1.54, 1.807) is 6.07 Å². The van der Waals surface area contributed by atoms with Crippen molar-refractivity contribution >= 4 is 0 Å². The van der Waals surface area contributed by atoms with Crippen molar-refractivity contribution < 1.29 is 4.39 Å². The molecule has 0 saturated carbocycles. The third kappa shape index (κ3) is 3.75. The van der Waals surface area contributed by atoms with E-state index in [1.807, 2.05) is 6.07 Å². The summed E-state index contributed by atoms with van der Waals surface area (Å²) in [7, 11) is 4.29. The number of benzene rings is 1. The SMILES string of the molecule is CN(C)C1CCN(Cc2ccc(F)cc2CN)CC1. The van der Waals surface area contributed by atoms with Crippen molar-refractivity contribution in [2.75, 3.05) is 27.2 Å². The van der Waals surface area contributed by atoms with Crippen molar-refractivity contribution in [2.45, 2.75) is 32.0 Å². The molecule has 0 aliphatic carbocycles. The summed E-state index contributed by atoms with van der Waals surface area (Å²) in [5.41, 5.74) is 7.78. The van der Waals surface area contributed by atoms with E-state index in [2.05, 4.69) is 23.9 Å². The van der Waals surface area contributed by atoms with Crippen LogP contribution in [0.2, 0.25) is 0 Å². The lowest BCUT2D eigenvalue weighted by molar-refractivity contribution is 0.139. The highest BCUT2D eigenvalue weighted by atomic mass is 19.1. The maximum absolute atomic E-state index is 13.2. The van der Waals surface area contributed by atoms with Crippen molar-refractivity contribution in [1.29, 1.82) is 0 Å². The van der Waals surface area contributed by atoms with E-state index in [4.69, 9.17) is 5.73 Å². The third-order valence-corrected chi connectivity index (χ3v) is 4.07. The molecule has 1 fully saturated rings. The molecule has 1 heterocycles. The van der Waals surface area contributed by atoms with Crippen LogP contribution in [0.5, 0.6) is 0 Å². The van der Waals surface area contributed by atoms with Gasteiger partial charge in [0.1, 0.15) is 5.82 Å². The van der Waals surface area contributed by atoms with Gasteiger partial charge < -0.3 is 10.6 Å². The lowest BCUT2D eigenvalue weighted by Crippen LogP contribution is -2.41. The van der Waals surface area contributed by atoms with Crippen LogP contribution in [0.4, 0.5) is 4.39 Å². The molecule has 0 radical (unpaired) electrons. The first kappa shape index (κ1) is 14.4. The smallest absolute Gasteiger partial charge is 0.123 e. The lowest BCUT2D eigenvalue weighted by atomic mass is 10.0. The molecule has 106 valence electrons. The largest absolute Gasteiger partial charge is 0.326 e. The fourth-order valence-corrected chi connectivity index (χ4v) is 2.77. The summed E-state index contributed by atoms with van der Waals surface area (Å²) in [4.78, 5) is 4.74. The highest BCUT2D eigenvalue weighted by molar-refractivity contribution is 5.27. The fourth-order valence-electron chi connectivity index (χ4n) is 2.77. The maximum Gasteiger partial charge on any atom is 0.123 e. The summed E-state index contributed by atoms with van der Waals surface area (Å²) in [6, 6.07) is 5.65. The van der Waals surface area contributed by atoms with E-state index in [0.29, 0.717) is 12.6 Å². The zero-order valence-electron chi connectivity index (χ0n) is 11.9. The topological polar surface area (TPSA) is 32.5 Å². The Hall–Kier alpha value is -0.970. The number of nitrogens with two attached hydrogens (primary N) is 1. The summed E-state index contributed by atoms with van der Waals surface area (Å²) < 4.78 is 13.2. The van der Waals surface area contributed by atoms with Crippen molar-refractivity contribution in [1.82, 2.24) is 9.80 Å². The predicted octanol–water partition coefficient (Wildman–Crippen LogP) is 1.81. The molecule has 1 aromatic carbocycles. The van der Waals surface area contributed by atoms with E-state index >= 15 is 0 Å². The number of nitrogens with zero attached hydrogens (tertiary/aromatic N) is 2. The third-order valence-electron chi connectivity index (χ3n) is 4.07. The van der Waals surface area contributed by atoms with Crippen LogP contribution in [0.3, 0.4) is 0 Å². The number of rotatable bonds is 4. The van der Waals surface area contributed by atoms with E-state index in [1.165, 1.54) is 18.9 Å². The summed E-state index contributed by atoms with van der Waals surface area (Å²) in [5.74, 6) is -0.199. The number of likely N-dealkylation sites (tertiary alicyclic amines) is 1. The van der Waals surface area contributed by atoms with Gasteiger partial charge in [-0.1, -0.05) is 6.07 Å². The van der Waals surface area contributed by atoms with Crippen LogP contribution >= 0.6 is 0 Å². The average molecular weight is 265 g/mol. The maximum atomic E-state index is 13.2. The molecule has 1 aromatic rings. The first-order valence-electron chi connectivity index (χ1n) is 6.96. The van der Waals surface area contributed by atoms with Gasteiger partial charge in [-0.3, -0.25) is 4.90 Å². The minimum Gasteiger partial charge on any atom is -0.326 e. The molecule has 1 saturated heterocycles. The standard InChI is InChI=1S/C15H24FN3/c1-18(2)15-5-7-19(8-6-15)11-12-3-4-14(16)9-13(12)10-17/h3-4,9,15H,5-8,10-11,17H2,1-2H3. The van der Waals surface area contributed by atoms with Crippen LogP contribution in [-0.2, 0) is 13.1 Å². The van der Waals surface area contributed by atoms with Gasteiger partial charge in [0.15, 0.2) is 0 Å². The van der Waals surface area contributed by atoms with Crippen molar-refractivity contribution in [3.05, 3.63) is 35.1 Å². The van der Waals surface area contributed by atoms with Gasteiger partial charge in [0.2, 0.25) is 0 Å². The molecule has 3 nitrogen and oxygen atoms in total. The predicted molar refractivity (Wildman–Crippen MR) is 76.3 cm³/mol. The Labute approximate surface area is 115 Å². The minimum absolute atomic E-state index is 0.199. The molecule has 0 aromatic heterocycles. The second kappa shape index (κ2) is 6.46. The summed E-state index contributed by atoms with van der Waals surface area (Å²) in [5, 5.41) is 0. The molecule has 2 rings (SSSR count). The normalized spacial score (nSPS) is 18.2. The zero-order chi connectivity index (χ0) is 13.8. The van der Waals surface area contributed by atoms with E-state index < -0.39 is 0 Å². The second-order valence-electron chi connectivity index (χ2n) is 5.59. The van der Waals surface area contributed by atoms with Crippen molar-refractivity contribution in [3.63, 3.8) is 0 Å². The molecule has 0 atom stereocenters. The van der Waals surface area contributed by atoms with Gasteiger partial charge in [0, 0.05) is 19.1 Å². The number of hydrogen-bond donors (Lipinski definition) is 1. The highest BCUT2D eigenvalue weighted by Gasteiger charge is 2.20. The number of piperidine rings is 1. The molecular formula is C15H24FN3. The molecule has 19 heavy (non-hydrogen) atoms. The van der Waals surface area contributed by atoms with Gasteiger partial charge in [0.05, 0.1) is 0 Å². The van der Waals surface area contributed by atoms with Gasteiger partial charge in [-0.25, -0.2) is 4.39 Å². The Morgan fingerprint density at radius 2 is 1.95 bits per heavy atom. The van der Waals surface area contributed by atoms with Crippen LogP contribution in [0.1, 0.15) is 24.0 Å². The quantitative estimate of drug-likeness (QED) is 0.901. The van der Waals surface area contributed by atoms with Crippen LogP contribution in [0, 0.1) is 5.82 Å². The van der Waals surface area contributed by atoms with Crippen molar-refractivity contribution in [3.8, 4) is 0 Å².